The Kier molecular flexibility index (Phi) is 3.51. The Hall–Kier alpha value is -1.80. The molecule has 0 N–H and O–H groups in total. The molecule has 0 aliphatic carbocycles. The van der Waals surface area contributed by atoms with E-state index in [2.05, 4.69) is 43.3 Å². The van der Waals surface area contributed by atoms with Crippen LogP contribution in [0.1, 0.15) is 24.0 Å². The molecule has 2 atom stereocenters. The predicted octanol–water partition coefficient (Wildman–Crippen LogP) is 3.62. The highest BCUT2D eigenvalue weighted by Gasteiger charge is 2.23. The molecule has 1 aliphatic heterocycles. The molecular formula is C17H18O2. The van der Waals surface area contributed by atoms with Crippen LogP contribution in [0.2, 0.25) is 0 Å². The average molecular weight is 254 g/mol. The Morgan fingerprint density at radius 2 is 1.68 bits per heavy atom. The van der Waals surface area contributed by atoms with E-state index in [-0.39, 0.29) is 0 Å². The van der Waals surface area contributed by atoms with Gasteiger partial charge in [0.2, 0.25) is 0 Å². The summed E-state index contributed by atoms with van der Waals surface area (Å²) < 4.78 is 10.8. The fourth-order valence-corrected chi connectivity index (χ4v) is 2.14. The van der Waals surface area contributed by atoms with Gasteiger partial charge in [-0.2, -0.15) is 0 Å². The summed E-state index contributed by atoms with van der Waals surface area (Å²) in [6, 6.07) is 18.9. The Labute approximate surface area is 114 Å². The van der Waals surface area contributed by atoms with Crippen molar-refractivity contribution in [3.63, 3.8) is 0 Å². The van der Waals surface area contributed by atoms with Gasteiger partial charge in [0.15, 0.2) is 0 Å². The third kappa shape index (κ3) is 3.15. The predicted molar refractivity (Wildman–Crippen MR) is 75.6 cm³/mol. The molecule has 3 rings (SSSR count). The SMILES string of the molecule is CC(c1ccccc1)c1ccc(OCC2CO2)cc1. The molecule has 2 aromatic carbocycles. The van der Waals surface area contributed by atoms with Gasteiger partial charge < -0.3 is 9.47 Å². The van der Waals surface area contributed by atoms with Crippen LogP contribution < -0.4 is 4.74 Å². The number of hydrogen-bond acceptors (Lipinski definition) is 2. The smallest absolute Gasteiger partial charge is 0.119 e. The van der Waals surface area contributed by atoms with Gasteiger partial charge in [-0.05, 0) is 23.3 Å². The summed E-state index contributed by atoms with van der Waals surface area (Å²) in [4.78, 5) is 0. The molecule has 0 saturated carbocycles. The number of hydrogen-bond donors (Lipinski definition) is 0. The minimum absolute atomic E-state index is 0.308. The first-order valence-corrected chi connectivity index (χ1v) is 6.72. The Bertz CT molecular complexity index is 515. The molecule has 0 radical (unpaired) electrons. The van der Waals surface area contributed by atoms with Gasteiger partial charge >= 0.3 is 0 Å². The number of benzene rings is 2. The van der Waals surface area contributed by atoms with Gasteiger partial charge in [-0.3, -0.25) is 0 Å². The summed E-state index contributed by atoms with van der Waals surface area (Å²) in [6.07, 6.45) is 0.308. The van der Waals surface area contributed by atoms with E-state index in [1.165, 1.54) is 11.1 Å². The Morgan fingerprint density at radius 1 is 1.05 bits per heavy atom. The van der Waals surface area contributed by atoms with Crippen molar-refractivity contribution in [2.45, 2.75) is 18.9 Å². The summed E-state index contributed by atoms with van der Waals surface area (Å²) in [5.41, 5.74) is 2.64. The zero-order valence-corrected chi connectivity index (χ0v) is 11.1. The fourth-order valence-electron chi connectivity index (χ4n) is 2.14. The minimum Gasteiger partial charge on any atom is -0.491 e. The quantitative estimate of drug-likeness (QED) is 0.760. The van der Waals surface area contributed by atoms with Crippen molar-refractivity contribution < 1.29 is 9.47 Å². The third-order valence-corrected chi connectivity index (χ3v) is 3.52. The Balaban J connectivity index is 1.67. The van der Waals surface area contributed by atoms with E-state index in [0.717, 1.165) is 12.4 Å². The van der Waals surface area contributed by atoms with Crippen LogP contribution in [-0.2, 0) is 4.74 Å². The van der Waals surface area contributed by atoms with E-state index in [1.54, 1.807) is 0 Å². The molecule has 0 aromatic heterocycles. The van der Waals surface area contributed by atoms with Crippen LogP contribution in [-0.4, -0.2) is 19.3 Å². The third-order valence-electron chi connectivity index (χ3n) is 3.52. The average Bonchev–Trinajstić information content (AvgIpc) is 3.30. The number of ether oxygens (including phenoxy) is 2. The first-order chi connectivity index (χ1) is 9.33. The topological polar surface area (TPSA) is 21.8 Å². The van der Waals surface area contributed by atoms with Crippen LogP contribution in [0.15, 0.2) is 54.6 Å². The summed E-state index contributed by atoms with van der Waals surface area (Å²) in [6.45, 7) is 3.72. The van der Waals surface area contributed by atoms with Crippen molar-refractivity contribution in [2.24, 2.45) is 0 Å². The molecule has 1 saturated heterocycles. The highest BCUT2D eigenvalue weighted by molar-refractivity contribution is 5.35. The zero-order chi connectivity index (χ0) is 13.1. The van der Waals surface area contributed by atoms with E-state index in [9.17, 15) is 0 Å². The van der Waals surface area contributed by atoms with Crippen LogP contribution in [0, 0.1) is 0 Å². The lowest BCUT2D eigenvalue weighted by Crippen LogP contribution is -2.04. The van der Waals surface area contributed by atoms with E-state index in [4.69, 9.17) is 9.47 Å². The minimum atomic E-state index is 0.308. The van der Waals surface area contributed by atoms with Crippen molar-refractivity contribution in [1.29, 1.82) is 0 Å². The van der Waals surface area contributed by atoms with E-state index < -0.39 is 0 Å². The van der Waals surface area contributed by atoms with Crippen LogP contribution >= 0.6 is 0 Å². The molecule has 2 unspecified atom stereocenters. The van der Waals surface area contributed by atoms with Crippen molar-refractivity contribution >= 4 is 0 Å². The molecule has 1 heterocycles. The van der Waals surface area contributed by atoms with Gasteiger partial charge in [-0.15, -0.1) is 0 Å². The Morgan fingerprint density at radius 3 is 2.32 bits per heavy atom. The second-order valence-corrected chi connectivity index (χ2v) is 4.97. The molecule has 2 nitrogen and oxygen atoms in total. The largest absolute Gasteiger partial charge is 0.491 e. The van der Waals surface area contributed by atoms with E-state index in [0.29, 0.717) is 18.6 Å². The van der Waals surface area contributed by atoms with Crippen LogP contribution in [0.4, 0.5) is 0 Å². The molecule has 0 bridgehead atoms. The molecule has 2 heteroatoms. The standard InChI is InChI=1S/C17H18O2/c1-13(14-5-3-2-4-6-14)15-7-9-16(10-8-15)18-11-17-12-19-17/h2-10,13,17H,11-12H2,1H3. The highest BCUT2D eigenvalue weighted by Crippen LogP contribution is 2.25. The van der Waals surface area contributed by atoms with Gasteiger partial charge in [0.1, 0.15) is 18.5 Å². The molecule has 0 amide bonds. The molecule has 0 spiro atoms. The molecule has 98 valence electrons. The lowest BCUT2D eigenvalue weighted by Gasteiger charge is -2.13. The lowest BCUT2D eigenvalue weighted by atomic mass is 9.93. The van der Waals surface area contributed by atoms with E-state index in [1.807, 2.05) is 18.2 Å². The maximum atomic E-state index is 5.65. The first-order valence-electron chi connectivity index (χ1n) is 6.72. The summed E-state index contributed by atoms with van der Waals surface area (Å²) in [5, 5.41) is 0. The maximum absolute atomic E-state index is 5.65. The lowest BCUT2D eigenvalue weighted by molar-refractivity contribution is 0.263. The molecule has 1 aliphatic rings. The van der Waals surface area contributed by atoms with Crippen molar-refractivity contribution in [3.8, 4) is 5.75 Å². The van der Waals surface area contributed by atoms with Crippen LogP contribution in [0.25, 0.3) is 0 Å². The normalized spacial score (nSPS) is 18.9. The van der Waals surface area contributed by atoms with Crippen molar-refractivity contribution in [2.75, 3.05) is 13.2 Å². The number of rotatable bonds is 5. The van der Waals surface area contributed by atoms with Gasteiger partial charge in [0, 0.05) is 5.92 Å². The molecule has 19 heavy (non-hydrogen) atoms. The van der Waals surface area contributed by atoms with Crippen molar-refractivity contribution in [1.82, 2.24) is 0 Å². The molecule has 1 fully saturated rings. The van der Waals surface area contributed by atoms with Crippen LogP contribution in [0.3, 0.4) is 0 Å². The van der Waals surface area contributed by atoms with Gasteiger partial charge in [0.05, 0.1) is 6.61 Å². The first kappa shape index (κ1) is 12.2. The maximum Gasteiger partial charge on any atom is 0.119 e. The van der Waals surface area contributed by atoms with Crippen LogP contribution in [0.5, 0.6) is 5.75 Å². The van der Waals surface area contributed by atoms with Crippen molar-refractivity contribution in [3.05, 3.63) is 65.7 Å². The fraction of sp³-hybridized carbons (Fsp3) is 0.294. The summed E-state index contributed by atoms with van der Waals surface area (Å²) in [7, 11) is 0. The van der Waals surface area contributed by atoms with Gasteiger partial charge in [0.25, 0.3) is 0 Å². The van der Waals surface area contributed by atoms with Gasteiger partial charge in [-0.25, -0.2) is 0 Å². The highest BCUT2D eigenvalue weighted by atomic mass is 16.6. The van der Waals surface area contributed by atoms with Gasteiger partial charge in [-0.1, -0.05) is 49.4 Å². The number of epoxide rings is 1. The van der Waals surface area contributed by atoms with E-state index >= 15 is 0 Å². The second-order valence-electron chi connectivity index (χ2n) is 4.97. The second kappa shape index (κ2) is 5.45. The molecular weight excluding hydrogens is 236 g/mol. The molecule has 2 aromatic rings. The monoisotopic (exact) mass is 254 g/mol. The summed E-state index contributed by atoms with van der Waals surface area (Å²) in [5.74, 6) is 1.32. The zero-order valence-electron chi connectivity index (χ0n) is 11.1. The summed E-state index contributed by atoms with van der Waals surface area (Å²) >= 11 is 0.